The predicted molar refractivity (Wildman–Crippen MR) is 112 cm³/mol. The first-order chi connectivity index (χ1) is 13.6. The Hall–Kier alpha value is -2.28. The monoisotopic (exact) mass is 390 g/mol. The largest absolute Gasteiger partial charge is 0.496 e. The number of rotatable bonds is 8. The number of esters is 1. The molecule has 1 unspecified atom stereocenters. The number of benzene rings is 1. The van der Waals surface area contributed by atoms with Crippen LogP contribution in [0.3, 0.4) is 0 Å². The fraction of sp³-hybridized carbons (Fsp3) is 0.619. The SMILES string of the molecule is CN=C(NCCCN1CCCCC1C)NCc1ccc(OC)c(C(=O)OC)c1. The van der Waals surface area contributed by atoms with E-state index >= 15 is 0 Å². The van der Waals surface area contributed by atoms with E-state index < -0.39 is 5.97 Å². The molecule has 1 atom stereocenters. The lowest BCUT2D eigenvalue weighted by Gasteiger charge is -2.33. The van der Waals surface area contributed by atoms with E-state index in [-0.39, 0.29) is 0 Å². The second kappa shape index (κ2) is 11.5. The van der Waals surface area contributed by atoms with E-state index in [0.717, 1.165) is 31.0 Å². The molecule has 0 aromatic heterocycles. The van der Waals surface area contributed by atoms with Gasteiger partial charge in [-0.25, -0.2) is 4.79 Å². The van der Waals surface area contributed by atoms with Gasteiger partial charge in [-0.2, -0.15) is 0 Å². The van der Waals surface area contributed by atoms with Crippen LogP contribution in [0.15, 0.2) is 23.2 Å². The van der Waals surface area contributed by atoms with Gasteiger partial charge in [0.25, 0.3) is 0 Å². The van der Waals surface area contributed by atoms with Gasteiger partial charge in [-0.3, -0.25) is 4.99 Å². The standard InChI is InChI=1S/C21H34N4O3/c1-16-8-5-6-12-25(16)13-7-11-23-21(22-2)24-15-17-9-10-19(27-3)18(14-17)20(26)28-4/h9-10,14,16H,5-8,11-13,15H2,1-4H3,(H2,22,23,24). The molecule has 0 bridgehead atoms. The lowest BCUT2D eigenvalue weighted by molar-refractivity contribution is 0.0597. The minimum Gasteiger partial charge on any atom is -0.496 e. The van der Waals surface area contributed by atoms with Crippen molar-refractivity contribution in [2.24, 2.45) is 4.99 Å². The molecular weight excluding hydrogens is 356 g/mol. The summed E-state index contributed by atoms with van der Waals surface area (Å²) in [6, 6.07) is 6.18. The predicted octanol–water partition coefficient (Wildman–Crippen LogP) is 2.41. The summed E-state index contributed by atoms with van der Waals surface area (Å²) in [4.78, 5) is 18.8. The van der Waals surface area contributed by atoms with Crippen molar-refractivity contribution < 1.29 is 14.3 Å². The second-order valence-electron chi connectivity index (χ2n) is 7.11. The van der Waals surface area contributed by atoms with Crippen molar-refractivity contribution in [3.05, 3.63) is 29.3 Å². The summed E-state index contributed by atoms with van der Waals surface area (Å²) >= 11 is 0. The van der Waals surface area contributed by atoms with Gasteiger partial charge in [-0.15, -0.1) is 0 Å². The normalized spacial score (nSPS) is 17.9. The van der Waals surface area contributed by atoms with Crippen molar-refractivity contribution in [2.75, 3.05) is 40.9 Å². The molecule has 1 saturated heterocycles. The minimum atomic E-state index is -0.409. The fourth-order valence-corrected chi connectivity index (χ4v) is 3.52. The van der Waals surface area contributed by atoms with Crippen LogP contribution in [-0.4, -0.2) is 63.8 Å². The lowest BCUT2D eigenvalue weighted by Crippen LogP contribution is -2.41. The van der Waals surface area contributed by atoms with E-state index in [9.17, 15) is 4.79 Å². The van der Waals surface area contributed by atoms with E-state index in [2.05, 4.69) is 27.4 Å². The second-order valence-corrected chi connectivity index (χ2v) is 7.11. The van der Waals surface area contributed by atoms with E-state index in [1.807, 2.05) is 6.07 Å². The van der Waals surface area contributed by atoms with Crippen LogP contribution in [-0.2, 0) is 11.3 Å². The zero-order valence-electron chi connectivity index (χ0n) is 17.6. The van der Waals surface area contributed by atoms with E-state index in [4.69, 9.17) is 9.47 Å². The molecule has 0 amide bonds. The lowest BCUT2D eigenvalue weighted by atomic mass is 10.0. The number of nitrogens with zero attached hydrogens (tertiary/aromatic N) is 2. The molecule has 1 aliphatic heterocycles. The van der Waals surface area contributed by atoms with Crippen LogP contribution in [0.5, 0.6) is 5.75 Å². The maximum Gasteiger partial charge on any atom is 0.341 e. The third kappa shape index (κ3) is 6.41. The van der Waals surface area contributed by atoms with Crippen LogP contribution in [0.1, 0.15) is 48.5 Å². The number of methoxy groups -OCH3 is 2. The smallest absolute Gasteiger partial charge is 0.341 e. The van der Waals surface area contributed by atoms with Crippen molar-refractivity contribution in [2.45, 2.75) is 45.2 Å². The summed E-state index contributed by atoms with van der Waals surface area (Å²) in [5.41, 5.74) is 1.37. The van der Waals surface area contributed by atoms with Crippen LogP contribution >= 0.6 is 0 Å². The van der Waals surface area contributed by atoms with Crippen LogP contribution in [0.4, 0.5) is 0 Å². The number of carbonyl (C=O) groups is 1. The zero-order chi connectivity index (χ0) is 20.4. The first kappa shape index (κ1) is 22.0. The highest BCUT2D eigenvalue weighted by molar-refractivity contribution is 5.92. The summed E-state index contributed by atoms with van der Waals surface area (Å²) in [5.74, 6) is 0.848. The Labute approximate surface area is 168 Å². The molecule has 0 radical (unpaired) electrons. The van der Waals surface area contributed by atoms with Gasteiger partial charge in [0.05, 0.1) is 14.2 Å². The van der Waals surface area contributed by atoms with Crippen LogP contribution in [0, 0.1) is 0 Å². The molecule has 1 aliphatic rings. The van der Waals surface area contributed by atoms with Crippen molar-refractivity contribution in [3.8, 4) is 5.75 Å². The number of ether oxygens (including phenoxy) is 2. The average molecular weight is 391 g/mol. The van der Waals surface area contributed by atoms with Gasteiger partial charge in [0.2, 0.25) is 0 Å². The highest BCUT2D eigenvalue weighted by Gasteiger charge is 2.17. The molecule has 156 valence electrons. The van der Waals surface area contributed by atoms with Gasteiger partial charge in [-0.05, 0) is 50.4 Å². The Kier molecular flexibility index (Phi) is 9.07. The highest BCUT2D eigenvalue weighted by atomic mass is 16.5. The molecule has 1 aromatic carbocycles. The van der Waals surface area contributed by atoms with Gasteiger partial charge in [0.15, 0.2) is 5.96 Å². The van der Waals surface area contributed by atoms with Crippen molar-refractivity contribution in [3.63, 3.8) is 0 Å². The van der Waals surface area contributed by atoms with Gasteiger partial charge >= 0.3 is 5.97 Å². The summed E-state index contributed by atoms with van der Waals surface area (Å²) in [7, 11) is 4.66. The zero-order valence-corrected chi connectivity index (χ0v) is 17.6. The Morgan fingerprint density at radius 1 is 1.29 bits per heavy atom. The summed E-state index contributed by atoms with van der Waals surface area (Å²) in [6.07, 6.45) is 5.07. The van der Waals surface area contributed by atoms with Crippen molar-refractivity contribution >= 4 is 11.9 Å². The summed E-state index contributed by atoms with van der Waals surface area (Å²) in [5, 5.41) is 6.65. The minimum absolute atomic E-state index is 0.409. The Balaban J connectivity index is 1.79. The quantitative estimate of drug-likeness (QED) is 0.307. The van der Waals surface area contributed by atoms with Gasteiger partial charge < -0.3 is 25.0 Å². The number of likely N-dealkylation sites (tertiary alicyclic amines) is 1. The molecule has 2 N–H and O–H groups in total. The van der Waals surface area contributed by atoms with Gasteiger partial charge in [0.1, 0.15) is 11.3 Å². The summed E-state index contributed by atoms with van der Waals surface area (Å²) < 4.78 is 10.1. The molecule has 0 saturated carbocycles. The van der Waals surface area contributed by atoms with Crippen LogP contribution in [0.2, 0.25) is 0 Å². The van der Waals surface area contributed by atoms with Crippen molar-refractivity contribution in [1.29, 1.82) is 0 Å². The summed E-state index contributed by atoms with van der Waals surface area (Å²) in [6.45, 7) is 6.08. The number of piperidine rings is 1. The number of nitrogens with one attached hydrogen (secondary N) is 2. The maximum absolute atomic E-state index is 11.9. The van der Waals surface area contributed by atoms with Crippen LogP contribution in [0.25, 0.3) is 0 Å². The Morgan fingerprint density at radius 2 is 2.11 bits per heavy atom. The Morgan fingerprint density at radius 3 is 2.79 bits per heavy atom. The molecule has 0 aliphatic carbocycles. The number of hydrogen-bond acceptors (Lipinski definition) is 5. The number of hydrogen-bond donors (Lipinski definition) is 2. The van der Waals surface area contributed by atoms with E-state index in [1.165, 1.54) is 40.0 Å². The van der Waals surface area contributed by atoms with Gasteiger partial charge in [-0.1, -0.05) is 12.5 Å². The molecule has 2 rings (SSSR count). The average Bonchev–Trinajstić information content (AvgIpc) is 2.73. The molecule has 1 heterocycles. The van der Waals surface area contributed by atoms with Gasteiger partial charge in [0, 0.05) is 32.7 Å². The molecule has 7 heteroatoms. The topological polar surface area (TPSA) is 75.2 Å². The van der Waals surface area contributed by atoms with E-state index in [1.54, 1.807) is 19.2 Å². The molecule has 0 spiro atoms. The number of guanidine groups is 1. The van der Waals surface area contributed by atoms with Crippen LogP contribution < -0.4 is 15.4 Å². The first-order valence-corrected chi connectivity index (χ1v) is 10.0. The fourth-order valence-electron chi connectivity index (χ4n) is 3.52. The molecule has 7 nitrogen and oxygen atoms in total. The van der Waals surface area contributed by atoms with E-state index in [0.29, 0.717) is 23.9 Å². The molecule has 1 aromatic rings. The third-order valence-corrected chi connectivity index (χ3v) is 5.21. The maximum atomic E-state index is 11.9. The highest BCUT2D eigenvalue weighted by Crippen LogP contribution is 2.20. The Bertz CT molecular complexity index is 663. The number of carbonyl (C=O) groups excluding carboxylic acids is 1. The molecule has 1 fully saturated rings. The number of aliphatic imine (C=N–C) groups is 1. The first-order valence-electron chi connectivity index (χ1n) is 10.0. The van der Waals surface area contributed by atoms with Crippen molar-refractivity contribution in [1.82, 2.24) is 15.5 Å². The molecule has 28 heavy (non-hydrogen) atoms. The molecular formula is C21H34N4O3. The third-order valence-electron chi connectivity index (χ3n) is 5.21.